The summed E-state index contributed by atoms with van der Waals surface area (Å²) in [5.74, 6) is -0.267. The molecule has 0 fully saturated rings. The standard InChI is InChI=1S/C7H4FIN2/c8-5-1-2-7-6(9)3-10-11(7)4-5/h1-4H. The molecule has 0 saturated heterocycles. The molecular formula is C7H4FIN2. The highest BCUT2D eigenvalue weighted by Crippen LogP contribution is 2.12. The molecule has 0 aliphatic rings. The largest absolute Gasteiger partial charge is 0.237 e. The summed E-state index contributed by atoms with van der Waals surface area (Å²) in [4.78, 5) is 0. The third kappa shape index (κ3) is 1.11. The minimum Gasteiger partial charge on any atom is -0.237 e. The molecule has 2 aromatic rings. The van der Waals surface area contributed by atoms with E-state index in [-0.39, 0.29) is 5.82 Å². The van der Waals surface area contributed by atoms with Gasteiger partial charge in [0.05, 0.1) is 21.5 Å². The Labute approximate surface area is 76.2 Å². The second kappa shape index (κ2) is 2.44. The third-order valence-electron chi connectivity index (χ3n) is 1.43. The van der Waals surface area contributed by atoms with E-state index in [1.54, 1.807) is 12.3 Å². The first kappa shape index (κ1) is 7.02. The van der Waals surface area contributed by atoms with Crippen molar-refractivity contribution in [2.45, 2.75) is 0 Å². The first-order chi connectivity index (χ1) is 5.27. The smallest absolute Gasteiger partial charge is 0.141 e. The average molecular weight is 262 g/mol. The van der Waals surface area contributed by atoms with E-state index < -0.39 is 0 Å². The van der Waals surface area contributed by atoms with E-state index >= 15 is 0 Å². The lowest BCUT2D eigenvalue weighted by molar-refractivity contribution is 0.615. The Morgan fingerprint density at radius 3 is 3.09 bits per heavy atom. The van der Waals surface area contributed by atoms with Crippen LogP contribution in [0, 0.1) is 9.39 Å². The van der Waals surface area contributed by atoms with Crippen LogP contribution in [0.2, 0.25) is 0 Å². The van der Waals surface area contributed by atoms with Gasteiger partial charge in [-0.05, 0) is 34.7 Å². The van der Waals surface area contributed by atoms with Crippen molar-refractivity contribution in [1.29, 1.82) is 0 Å². The molecule has 4 heteroatoms. The van der Waals surface area contributed by atoms with Crippen molar-refractivity contribution in [3.63, 3.8) is 0 Å². The summed E-state index contributed by atoms with van der Waals surface area (Å²) >= 11 is 2.16. The third-order valence-corrected chi connectivity index (χ3v) is 2.26. The Hall–Kier alpha value is -0.650. The minimum absolute atomic E-state index is 0.267. The van der Waals surface area contributed by atoms with E-state index in [0.29, 0.717) is 0 Å². The van der Waals surface area contributed by atoms with Crippen LogP contribution in [0.15, 0.2) is 24.5 Å². The second-order valence-electron chi connectivity index (χ2n) is 2.17. The molecule has 2 aromatic heterocycles. The van der Waals surface area contributed by atoms with Crippen molar-refractivity contribution in [3.8, 4) is 0 Å². The summed E-state index contributed by atoms with van der Waals surface area (Å²) in [7, 11) is 0. The number of aromatic nitrogens is 2. The SMILES string of the molecule is Fc1ccc2c(I)cnn2c1. The number of rotatable bonds is 0. The predicted octanol–water partition coefficient (Wildman–Crippen LogP) is 2.08. The van der Waals surface area contributed by atoms with Crippen molar-refractivity contribution in [1.82, 2.24) is 9.61 Å². The zero-order valence-electron chi connectivity index (χ0n) is 5.46. The fourth-order valence-electron chi connectivity index (χ4n) is 0.928. The van der Waals surface area contributed by atoms with Crippen LogP contribution in [0.1, 0.15) is 0 Å². The number of nitrogens with zero attached hydrogens (tertiary/aromatic N) is 2. The maximum atomic E-state index is 12.6. The van der Waals surface area contributed by atoms with Gasteiger partial charge in [-0.25, -0.2) is 8.91 Å². The van der Waals surface area contributed by atoms with Gasteiger partial charge in [0.15, 0.2) is 0 Å². The maximum Gasteiger partial charge on any atom is 0.141 e. The lowest BCUT2D eigenvalue weighted by Gasteiger charge is -1.91. The second-order valence-corrected chi connectivity index (χ2v) is 3.33. The summed E-state index contributed by atoms with van der Waals surface area (Å²) in [6.45, 7) is 0. The summed E-state index contributed by atoms with van der Waals surface area (Å²) in [5, 5.41) is 3.95. The van der Waals surface area contributed by atoms with Crippen LogP contribution in [0.5, 0.6) is 0 Å². The minimum atomic E-state index is -0.267. The number of hydrogen-bond donors (Lipinski definition) is 0. The van der Waals surface area contributed by atoms with Crippen LogP contribution < -0.4 is 0 Å². The highest BCUT2D eigenvalue weighted by atomic mass is 127. The Kier molecular flexibility index (Phi) is 1.56. The van der Waals surface area contributed by atoms with Crippen LogP contribution in [-0.2, 0) is 0 Å². The molecule has 0 aliphatic heterocycles. The van der Waals surface area contributed by atoms with Gasteiger partial charge >= 0.3 is 0 Å². The van der Waals surface area contributed by atoms with Gasteiger partial charge in [0.1, 0.15) is 5.82 Å². The van der Waals surface area contributed by atoms with E-state index in [1.165, 1.54) is 16.8 Å². The molecule has 0 N–H and O–H groups in total. The molecular weight excluding hydrogens is 258 g/mol. The Balaban J connectivity index is 2.86. The van der Waals surface area contributed by atoms with Gasteiger partial charge in [-0.3, -0.25) is 0 Å². The van der Waals surface area contributed by atoms with Crippen molar-refractivity contribution in [2.24, 2.45) is 0 Å². The van der Waals surface area contributed by atoms with Crippen molar-refractivity contribution in [3.05, 3.63) is 33.9 Å². The van der Waals surface area contributed by atoms with E-state index in [4.69, 9.17) is 0 Å². The average Bonchev–Trinajstić information content (AvgIpc) is 2.32. The molecule has 11 heavy (non-hydrogen) atoms. The first-order valence-corrected chi connectivity index (χ1v) is 4.13. The molecule has 56 valence electrons. The van der Waals surface area contributed by atoms with Crippen LogP contribution in [0.25, 0.3) is 5.52 Å². The van der Waals surface area contributed by atoms with Gasteiger partial charge in [0, 0.05) is 0 Å². The fraction of sp³-hybridized carbons (Fsp3) is 0. The lowest BCUT2D eigenvalue weighted by atomic mass is 10.4. The highest BCUT2D eigenvalue weighted by molar-refractivity contribution is 14.1. The molecule has 0 radical (unpaired) electrons. The molecule has 0 aliphatic carbocycles. The van der Waals surface area contributed by atoms with E-state index in [9.17, 15) is 4.39 Å². The quantitative estimate of drug-likeness (QED) is 0.664. The summed E-state index contributed by atoms with van der Waals surface area (Å²) < 4.78 is 15.1. The molecule has 0 unspecified atom stereocenters. The van der Waals surface area contributed by atoms with Gasteiger partial charge in [0.25, 0.3) is 0 Å². The number of pyridine rings is 1. The molecule has 0 aromatic carbocycles. The highest BCUT2D eigenvalue weighted by Gasteiger charge is 1.99. The molecule has 2 rings (SSSR count). The van der Waals surface area contributed by atoms with E-state index in [2.05, 4.69) is 27.7 Å². The van der Waals surface area contributed by atoms with Crippen LogP contribution >= 0.6 is 22.6 Å². The predicted molar refractivity (Wildman–Crippen MR) is 47.9 cm³/mol. The van der Waals surface area contributed by atoms with Gasteiger partial charge in [-0.15, -0.1) is 0 Å². The maximum absolute atomic E-state index is 12.6. The van der Waals surface area contributed by atoms with Gasteiger partial charge in [0.2, 0.25) is 0 Å². The Morgan fingerprint density at radius 2 is 2.27 bits per heavy atom. The Morgan fingerprint density at radius 1 is 1.45 bits per heavy atom. The van der Waals surface area contributed by atoms with Crippen LogP contribution in [-0.4, -0.2) is 9.61 Å². The molecule has 0 spiro atoms. The normalized spacial score (nSPS) is 10.7. The molecule has 0 atom stereocenters. The lowest BCUT2D eigenvalue weighted by Crippen LogP contribution is -1.87. The molecule has 2 heterocycles. The van der Waals surface area contributed by atoms with Crippen molar-refractivity contribution in [2.75, 3.05) is 0 Å². The summed E-state index contributed by atoms with van der Waals surface area (Å²) in [5.41, 5.74) is 0.937. The Bertz CT molecular complexity index is 396. The summed E-state index contributed by atoms with van der Waals surface area (Å²) in [6.07, 6.45) is 3.06. The van der Waals surface area contributed by atoms with Gasteiger partial charge in [-0.1, -0.05) is 0 Å². The van der Waals surface area contributed by atoms with E-state index in [1.807, 2.05) is 0 Å². The first-order valence-electron chi connectivity index (χ1n) is 3.06. The van der Waals surface area contributed by atoms with Gasteiger partial charge in [-0.2, -0.15) is 5.10 Å². The topological polar surface area (TPSA) is 17.3 Å². The summed E-state index contributed by atoms with van der Waals surface area (Å²) in [6, 6.07) is 3.14. The zero-order chi connectivity index (χ0) is 7.84. The van der Waals surface area contributed by atoms with Crippen LogP contribution in [0.4, 0.5) is 4.39 Å². The number of hydrogen-bond acceptors (Lipinski definition) is 1. The van der Waals surface area contributed by atoms with Gasteiger partial charge < -0.3 is 0 Å². The fourth-order valence-corrected chi connectivity index (χ4v) is 1.48. The monoisotopic (exact) mass is 262 g/mol. The number of fused-ring (bicyclic) bond motifs is 1. The van der Waals surface area contributed by atoms with Crippen molar-refractivity contribution < 1.29 is 4.39 Å². The van der Waals surface area contributed by atoms with E-state index in [0.717, 1.165) is 9.09 Å². The zero-order valence-corrected chi connectivity index (χ0v) is 7.62. The molecule has 0 amide bonds. The molecule has 2 nitrogen and oxygen atoms in total. The van der Waals surface area contributed by atoms with Crippen molar-refractivity contribution >= 4 is 28.1 Å². The molecule has 0 bridgehead atoms. The number of halogens is 2. The molecule has 0 saturated carbocycles. The van der Waals surface area contributed by atoms with Crippen LogP contribution in [0.3, 0.4) is 0 Å².